The van der Waals surface area contributed by atoms with Crippen LogP contribution in [0.3, 0.4) is 0 Å². The maximum atomic E-state index is 13.9. The molecule has 0 aromatic heterocycles. The van der Waals surface area contributed by atoms with Gasteiger partial charge in [0.2, 0.25) is 10.0 Å². The van der Waals surface area contributed by atoms with Crippen LogP contribution in [0.4, 0.5) is 13.2 Å². The van der Waals surface area contributed by atoms with Crippen LogP contribution in [0.5, 0.6) is 5.75 Å². The Bertz CT molecular complexity index is 1530. The summed E-state index contributed by atoms with van der Waals surface area (Å²) in [4.78, 5) is 11.4. The molecule has 1 N–H and O–H groups in total. The quantitative estimate of drug-likeness (QED) is 0.329. The third kappa shape index (κ3) is 5.60. The van der Waals surface area contributed by atoms with E-state index in [4.69, 9.17) is 4.74 Å². The zero-order chi connectivity index (χ0) is 29.6. The van der Waals surface area contributed by atoms with Crippen LogP contribution in [0.1, 0.15) is 62.4 Å². The highest BCUT2D eigenvalue weighted by Gasteiger charge is 2.42. The molecular formula is C30H32F3NO5S. The molecule has 2 atom stereocenters. The lowest BCUT2D eigenvalue weighted by Gasteiger charge is -2.43. The van der Waals surface area contributed by atoms with E-state index in [0.717, 1.165) is 23.3 Å². The number of aliphatic carboxylic acids is 1. The van der Waals surface area contributed by atoms with Crippen LogP contribution in [0, 0.1) is 6.92 Å². The number of fused-ring (bicyclic) bond motifs is 1. The zero-order valence-corrected chi connectivity index (χ0v) is 23.7. The lowest BCUT2D eigenvalue weighted by atomic mass is 9.76. The maximum Gasteiger partial charge on any atom is 0.416 e. The largest absolute Gasteiger partial charge is 0.479 e. The third-order valence-electron chi connectivity index (χ3n) is 7.43. The van der Waals surface area contributed by atoms with Gasteiger partial charge in [-0.3, -0.25) is 0 Å². The summed E-state index contributed by atoms with van der Waals surface area (Å²) in [6.45, 7) is 9.28. The van der Waals surface area contributed by atoms with Crippen molar-refractivity contribution in [2.75, 3.05) is 6.54 Å². The van der Waals surface area contributed by atoms with Crippen LogP contribution in [0.2, 0.25) is 0 Å². The van der Waals surface area contributed by atoms with Gasteiger partial charge in [0.05, 0.1) is 10.5 Å². The van der Waals surface area contributed by atoms with Crippen molar-refractivity contribution in [2.24, 2.45) is 0 Å². The van der Waals surface area contributed by atoms with Crippen molar-refractivity contribution in [3.63, 3.8) is 0 Å². The van der Waals surface area contributed by atoms with E-state index in [1.165, 1.54) is 34.6 Å². The van der Waals surface area contributed by atoms with Crippen LogP contribution in [0.25, 0.3) is 11.1 Å². The minimum Gasteiger partial charge on any atom is -0.479 e. The molecule has 0 saturated carbocycles. The number of carboxylic acids is 1. The number of hydrogen-bond acceptors (Lipinski definition) is 4. The fourth-order valence-corrected chi connectivity index (χ4v) is 6.99. The summed E-state index contributed by atoms with van der Waals surface area (Å²) in [5.41, 5.74) is 2.26. The first-order valence-corrected chi connectivity index (χ1v) is 14.3. The molecule has 1 aliphatic rings. The average molecular weight is 576 g/mol. The smallest absolute Gasteiger partial charge is 0.416 e. The van der Waals surface area contributed by atoms with E-state index >= 15 is 0 Å². The van der Waals surface area contributed by atoms with Gasteiger partial charge < -0.3 is 9.84 Å². The first-order valence-electron chi connectivity index (χ1n) is 12.9. The molecule has 3 aromatic rings. The standard InChI is InChI=1S/C30H32F3NO5S/c1-6-26(28(35)36)39-27-14-12-23(15-18(27)2)40(37,38)34-17-29(4,5)25-13-9-21(16-24(25)19(34)3)20-7-10-22(11-8-20)30(31,32)33/h7-16,19,26H,6,17H2,1-5H3,(H,35,36). The number of carboxylic acid groups (broad SMARTS) is 1. The summed E-state index contributed by atoms with van der Waals surface area (Å²) in [5.74, 6) is -0.802. The van der Waals surface area contributed by atoms with Gasteiger partial charge in [-0.2, -0.15) is 17.5 Å². The van der Waals surface area contributed by atoms with Crippen molar-refractivity contribution in [3.05, 3.63) is 82.9 Å². The molecule has 214 valence electrons. The summed E-state index contributed by atoms with van der Waals surface area (Å²) in [6.07, 6.45) is -5.22. The van der Waals surface area contributed by atoms with Gasteiger partial charge in [-0.1, -0.05) is 45.0 Å². The van der Waals surface area contributed by atoms with Crippen LogP contribution in [-0.4, -0.2) is 36.4 Å². The van der Waals surface area contributed by atoms with Gasteiger partial charge >= 0.3 is 12.1 Å². The SMILES string of the molecule is CCC(Oc1ccc(S(=O)(=O)N2CC(C)(C)c3ccc(-c4ccc(C(F)(F)F)cc4)cc3C2C)cc1C)C(=O)O. The Kier molecular flexibility index (Phi) is 7.81. The van der Waals surface area contributed by atoms with Crippen molar-refractivity contribution in [1.82, 2.24) is 4.31 Å². The van der Waals surface area contributed by atoms with E-state index < -0.39 is 45.3 Å². The van der Waals surface area contributed by atoms with Crippen LogP contribution in [0.15, 0.2) is 65.6 Å². The number of nitrogens with zero attached hydrogens (tertiary/aromatic N) is 1. The molecule has 1 aliphatic heterocycles. The molecule has 6 nitrogen and oxygen atoms in total. The Hall–Kier alpha value is -3.37. The Balaban J connectivity index is 1.69. The normalized spacial score (nSPS) is 18.1. The fraction of sp³-hybridized carbons (Fsp3) is 0.367. The number of benzene rings is 3. The summed E-state index contributed by atoms with van der Waals surface area (Å²) >= 11 is 0. The molecule has 4 rings (SSSR count). The molecule has 10 heteroatoms. The predicted octanol–water partition coefficient (Wildman–Crippen LogP) is 6.97. The van der Waals surface area contributed by atoms with Gasteiger partial charge in [0, 0.05) is 18.0 Å². The van der Waals surface area contributed by atoms with Gasteiger partial charge in [-0.05, 0) is 84.5 Å². The molecule has 0 saturated heterocycles. The molecule has 0 bridgehead atoms. The predicted molar refractivity (Wildman–Crippen MR) is 146 cm³/mol. The second kappa shape index (κ2) is 10.6. The monoisotopic (exact) mass is 575 g/mol. The third-order valence-corrected chi connectivity index (χ3v) is 9.34. The van der Waals surface area contributed by atoms with E-state index in [9.17, 15) is 31.5 Å². The topological polar surface area (TPSA) is 83.9 Å². The highest BCUT2D eigenvalue weighted by Crippen LogP contribution is 2.44. The molecular weight excluding hydrogens is 543 g/mol. The Labute approximate surface area is 232 Å². The van der Waals surface area contributed by atoms with E-state index in [1.807, 2.05) is 32.0 Å². The average Bonchev–Trinajstić information content (AvgIpc) is 2.89. The second-order valence-electron chi connectivity index (χ2n) is 10.8. The number of rotatable bonds is 7. The number of alkyl halides is 3. The number of ether oxygens (including phenoxy) is 1. The molecule has 0 amide bonds. The maximum absolute atomic E-state index is 13.9. The highest BCUT2D eigenvalue weighted by atomic mass is 32.2. The van der Waals surface area contributed by atoms with Crippen molar-refractivity contribution in [3.8, 4) is 16.9 Å². The molecule has 3 aromatic carbocycles. The minimum absolute atomic E-state index is 0.0608. The van der Waals surface area contributed by atoms with Crippen molar-refractivity contribution >= 4 is 16.0 Å². The minimum atomic E-state index is -4.43. The van der Waals surface area contributed by atoms with Gasteiger partial charge in [0.25, 0.3) is 0 Å². The molecule has 1 heterocycles. The summed E-state index contributed by atoms with van der Waals surface area (Å²) in [7, 11) is -3.98. The van der Waals surface area contributed by atoms with Gasteiger partial charge in [-0.15, -0.1) is 0 Å². The molecule has 0 spiro atoms. The number of aryl methyl sites for hydroxylation is 1. The molecule has 40 heavy (non-hydrogen) atoms. The van der Waals surface area contributed by atoms with E-state index in [1.54, 1.807) is 20.8 Å². The fourth-order valence-electron chi connectivity index (χ4n) is 5.13. The van der Waals surface area contributed by atoms with E-state index in [2.05, 4.69) is 0 Å². The molecule has 0 aliphatic carbocycles. The molecule has 0 radical (unpaired) electrons. The number of sulfonamides is 1. The second-order valence-corrected chi connectivity index (χ2v) is 12.7. The lowest BCUT2D eigenvalue weighted by Crippen LogP contribution is -2.47. The van der Waals surface area contributed by atoms with E-state index in [0.29, 0.717) is 22.4 Å². The zero-order valence-electron chi connectivity index (χ0n) is 22.9. The number of carbonyl (C=O) groups is 1. The number of hydrogen-bond donors (Lipinski definition) is 1. The van der Waals surface area contributed by atoms with Crippen molar-refractivity contribution < 1.29 is 36.2 Å². The van der Waals surface area contributed by atoms with Gasteiger partial charge in [-0.25, -0.2) is 13.2 Å². The van der Waals surface area contributed by atoms with Crippen LogP contribution in [-0.2, 0) is 26.4 Å². The first-order chi connectivity index (χ1) is 18.6. The Morgan fingerprint density at radius 1 is 1.07 bits per heavy atom. The summed E-state index contributed by atoms with van der Waals surface area (Å²) < 4.78 is 74.0. The van der Waals surface area contributed by atoms with Crippen LogP contribution < -0.4 is 4.74 Å². The Morgan fingerprint density at radius 3 is 2.25 bits per heavy atom. The summed E-state index contributed by atoms with van der Waals surface area (Å²) in [6, 6.07) is 14.4. The molecule has 0 fully saturated rings. The van der Waals surface area contributed by atoms with Crippen LogP contribution >= 0.6 is 0 Å². The lowest BCUT2D eigenvalue weighted by molar-refractivity contribution is -0.145. The first kappa shape index (κ1) is 29.6. The van der Waals surface area contributed by atoms with Gasteiger partial charge in [0.15, 0.2) is 6.10 Å². The number of halogens is 3. The Morgan fingerprint density at radius 2 is 1.70 bits per heavy atom. The van der Waals surface area contributed by atoms with E-state index in [-0.39, 0.29) is 17.9 Å². The summed E-state index contributed by atoms with van der Waals surface area (Å²) in [5, 5.41) is 9.30. The van der Waals surface area contributed by atoms with Crippen molar-refractivity contribution in [1.29, 1.82) is 0 Å². The highest BCUT2D eigenvalue weighted by molar-refractivity contribution is 7.89. The molecule has 2 unspecified atom stereocenters. The van der Waals surface area contributed by atoms with Gasteiger partial charge in [0.1, 0.15) is 5.75 Å². The van der Waals surface area contributed by atoms with Crippen molar-refractivity contribution in [2.45, 2.75) is 69.7 Å².